The monoisotopic (exact) mass is 418 g/mol. The Bertz CT molecular complexity index is 970. The van der Waals surface area contributed by atoms with Crippen LogP contribution in [0.2, 0.25) is 0 Å². The third kappa shape index (κ3) is 4.18. The van der Waals surface area contributed by atoms with Crippen molar-refractivity contribution < 1.29 is 22.9 Å². The lowest BCUT2D eigenvalue weighted by Crippen LogP contribution is -2.29. The maximum Gasteiger partial charge on any atom is 0.272 e. The first-order valence-electron chi connectivity index (χ1n) is 10.2. The SMILES string of the molecule is CCOc1cc2c(cc1CNc1ccc(S(=O)(=O)N3CCCC3)c[nH+]1)O[C@@H](C)C2. The van der Waals surface area contributed by atoms with Crippen LogP contribution in [0.1, 0.15) is 37.8 Å². The largest absolute Gasteiger partial charge is 0.493 e. The topological polar surface area (TPSA) is 82.0 Å². The second-order valence-corrected chi connectivity index (χ2v) is 9.47. The normalized spacial score (nSPS) is 19.0. The third-order valence-electron chi connectivity index (χ3n) is 5.34. The van der Waals surface area contributed by atoms with Gasteiger partial charge in [-0.15, -0.1) is 0 Å². The van der Waals surface area contributed by atoms with Crippen LogP contribution in [-0.4, -0.2) is 38.5 Å². The molecule has 1 atom stereocenters. The van der Waals surface area contributed by atoms with Gasteiger partial charge >= 0.3 is 0 Å². The Labute approximate surface area is 172 Å². The van der Waals surface area contributed by atoms with Crippen molar-refractivity contribution in [2.45, 2.75) is 50.7 Å². The summed E-state index contributed by atoms with van der Waals surface area (Å²) in [6.07, 6.45) is 4.47. The molecule has 156 valence electrons. The molecule has 0 unspecified atom stereocenters. The van der Waals surface area contributed by atoms with E-state index < -0.39 is 10.0 Å². The Balaban J connectivity index is 1.47. The van der Waals surface area contributed by atoms with Gasteiger partial charge in [0.2, 0.25) is 10.0 Å². The molecule has 2 N–H and O–H groups in total. The first-order valence-corrected chi connectivity index (χ1v) is 11.6. The van der Waals surface area contributed by atoms with Crippen LogP contribution >= 0.6 is 0 Å². The van der Waals surface area contributed by atoms with E-state index in [1.54, 1.807) is 22.6 Å². The van der Waals surface area contributed by atoms with Crippen molar-refractivity contribution in [2.75, 3.05) is 25.0 Å². The smallest absolute Gasteiger partial charge is 0.272 e. The highest BCUT2D eigenvalue weighted by Crippen LogP contribution is 2.35. The summed E-state index contributed by atoms with van der Waals surface area (Å²) in [5.74, 6) is 2.50. The highest BCUT2D eigenvalue weighted by Gasteiger charge is 2.28. The lowest BCUT2D eigenvalue weighted by molar-refractivity contribution is -0.364. The van der Waals surface area contributed by atoms with E-state index >= 15 is 0 Å². The lowest BCUT2D eigenvalue weighted by atomic mass is 10.1. The molecule has 0 saturated carbocycles. The van der Waals surface area contributed by atoms with Crippen LogP contribution in [0.5, 0.6) is 11.5 Å². The Morgan fingerprint density at radius 2 is 2.07 bits per heavy atom. The van der Waals surface area contributed by atoms with E-state index in [9.17, 15) is 8.42 Å². The van der Waals surface area contributed by atoms with Gasteiger partial charge in [0, 0.05) is 36.7 Å². The first kappa shape index (κ1) is 20.0. The molecule has 2 aliphatic rings. The Morgan fingerprint density at radius 3 is 2.76 bits per heavy atom. The number of fused-ring (bicyclic) bond motifs is 1. The summed E-state index contributed by atoms with van der Waals surface area (Å²) >= 11 is 0. The van der Waals surface area contributed by atoms with Crippen LogP contribution in [0, 0.1) is 0 Å². The minimum atomic E-state index is -3.41. The van der Waals surface area contributed by atoms with Crippen LogP contribution < -0.4 is 19.8 Å². The molecule has 2 aliphatic heterocycles. The van der Waals surface area contributed by atoms with E-state index in [2.05, 4.69) is 23.3 Å². The van der Waals surface area contributed by atoms with Crippen molar-refractivity contribution in [2.24, 2.45) is 0 Å². The molecule has 1 aromatic carbocycles. The quantitative estimate of drug-likeness (QED) is 0.748. The number of benzene rings is 1. The zero-order chi connectivity index (χ0) is 20.4. The van der Waals surface area contributed by atoms with E-state index in [0.717, 1.165) is 42.1 Å². The van der Waals surface area contributed by atoms with Gasteiger partial charge in [0.15, 0.2) is 0 Å². The molecule has 1 saturated heterocycles. The molecule has 8 heteroatoms. The van der Waals surface area contributed by atoms with Gasteiger partial charge in [-0.25, -0.2) is 13.4 Å². The molecule has 4 rings (SSSR count). The second-order valence-electron chi connectivity index (χ2n) is 7.54. The summed E-state index contributed by atoms with van der Waals surface area (Å²) < 4.78 is 38.5. The summed E-state index contributed by atoms with van der Waals surface area (Å²) in [5.41, 5.74) is 2.18. The fraction of sp³-hybridized carbons (Fsp3) is 0.476. The maximum atomic E-state index is 12.6. The zero-order valence-electron chi connectivity index (χ0n) is 16.9. The van der Waals surface area contributed by atoms with Crippen molar-refractivity contribution in [1.29, 1.82) is 0 Å². The van der Waals surface area contributed by atoms with Gasteiger partial charge in [-0.05, 0) is 44.9 Å². The predicted octanol–water partition coefficient (Wildman–Crippen LogP) is 2.62. The fourth-order valence-electron chi connectivity index (χ4n) is 3.86. The molecule has 7 nitrogen and oxygen atoms in total. The zero-order valence-corrected chi connectivity index (χ0v) is 17.7. The molecule has 0 bridgehead atoms. The molecule has 1 aromatic heterocycles. The van der Waals surface area contributed by atoms with E-state index in [-0.39, 0.29) is 6.10 Å². The molecule has 0 spiro atoms. The van der Waals surface area contributed by atoms with Gasteiger partial charge < -0.3 is 9.47 Å². The first-order chi connectivity index (χ1) is 14.0. The number of sulfonamides is 1. The number of hydrogen-bond acceptors (Lipinski definition) is 5. The fourth-order valence-corrected chi connectivity index (χ4v) is 5.34. The second kappa shape index (κ2) is 8.20. The van der Waals surface area contributed by atoms with Crippen molar-refractivity contribution in [3.63, 3.8) is 0 Å². The maximum absolute atomic E-state index is 12.6. The van der Waals surface area contributed by atoms with Crippen molar-refractivity contribution in [1.82, 2.24) is 4.31 Å². The van der Waals surface area contributed by atoms with Crippen molar-refractivity contribution in [3.05, 3.63) is 41.6 Å². The molecule has 0 aliphatic carbocycles. The van der Waals surface area contributed by atoms with Gasteiger partial charge in [0.05, 0.1) is 6.61 Å². The number of aromatic amines is 1. The molecule has 29 heavy (non-hydrogen) atoms. The van der Waals surface area contributed by atoms with Gasteiger partial charge in [-0.1, -0.05) is 0 Å². The van der Waals surface area contributed by atoms with Gasteiger partial charge in [0.25, 0.3) is 5.82 Å². The van der Waals surface area contributed by atoms with Crippen LogP contribution in [-0.2, 0) is 23.0 Å². The van der Waals surface area contributed by atoms with E-state index in [1.807, 2.05) is 13.0 Å². The van der Waals surface area contributed by atoms with Gasteiger partial charge in [-0.2, -0.15) is 4.31 Å². The van der Waals surface area contributed by atoms with Crippen LogP contribution in [0.15, 0.2) is 35.4 Å². The number of ether oxygens (including phenoxy) is 2. The summed E-state index contributed by atoms with van der Waals surface area (Å²) in [7, 11) is -3.41. The molecule has 0 amide bonds. The van der Waals surface area contributed by atoms with E-state index in [0.29, 0.717) is 31.1 Å². The number of rotatable bonds is 7. The molecule has 0 radical (unpaired) electrons. The average Bonchev–Trinajstić information content (AvgIpc) is 3.36. The predicted molar refractivity (Wildman–Crippen MR) is 110 cm³/mol. The summed E-state index contributed by atoms with van der Waals surface area (Å²) in [6.45, 7) is 6.36. The lowest BCUT2D eigenvalue weighted by Gasteiger charge is -2.14. The van der Waals surface area contributed by atoms with Crippen LogP contribution in [0.4, 0.5) is 5.82 Å². The third-order valence-corrected chi connectivity index (χ3v) is 7.23. The highest BCUT2D eigenvalue weighted by atomic mass is 32.2. The number of hydrogen-bond donors (Lipinski definition) is 1. The minimum Gasteiger partial charge on any atom is -0.493 e. The number of nitrogens with zero attached hydrogens (tertiary/aromatic N) is 1. The van der Waals surface area contributed by atoms with Crippen LogP contribution in [0.3, 0.4) is 0 Å². The molecular weight excluding hydrogens is 390 g/mol. The van der Waals surface area contributed by atoms with Crippen LogP contribution in [0.25, 0.3) is 0 Å². The number of aromatic nitrogens is 1. The number of nitrogens with one attached hydrogen (secondary N) is 2. The highest BCUT2D eigenvalue weighted by molar-refractivity contribution is 7.89. The van der Waals surface area contributed by atoms with Crippen molar-refractivity contribution >= 4 is 15.8 Å². The molecular formula is C21H28N3O4S+. The van der Waals surface area contributed by atoms with Gasteiger partial charge in [-0.3, -0.25) is 5.32 Å². The standard InChI is InChI=1S/C21H27N3O4S/c1-3-27-19-11-16-10-15(2)28-20(16)12-17(19)13-22-21-7-6-18(14-23-21)29(25,26)24-8-4-5-9-24/h6-7,11-12,14-15H,3-5,8-10,13H2,1-2H3,(H,22,23)/p+1/t15-/m0/s1. The summed E-state index contributed by atoms with van der Waals surface area (Å²) in [6, 6.07) is 7.50. The molecule has 2 aromatic rings. The Hall–Kier alpha value is -2.32. The number of anilines is 1. The summed E-state index contributed by atoms with van der Waals surface area (Å²) in [4.78, 5) is 3.35. The van der Waals surface area contributed by atoms with E-state index in [1.165, 1.54) is 5.56 Å². The Morgan fingerprint density at radius 1 is 1.28 bits per heavy atom. The average molecular weight is 419 g/mol. The Kier molecular flexibility index (Phi) is 5.65. The minimum absolute atomic E-state index is 0.182. The number of H-pyrrole nitrogens is 1. The number of pyridine rings is 1. The molecule has 1 fully saturated rings. The van der Waals surface area contributed by atoms with Crippen molar-refractivity contribution in [3.8, 4) is 11.5 Å². The van der Waals surface area contributed by atoms with Gasteiger partial charge in [0.1, 0.15) is 35.2 Å². The summed E-state index contributed by atoms with van der Waals surface area (Å²) in [5, 5.41) is 3.31. The molecule has 3 heterocycles. The van der Waals surface area contributed by atoms with E-state index in [4.69, 9.17) is 9.47 Å².